The summed E-state index contributed by atoms with van der Waals surface area (Å²) >= 11 is 0. The van der Waals surface area contributed by atoms with Gasteiger partial charge in [0, 0.05) is 32.1 Å². The highest BCUT2D eigenvalue weighted by molar-refractivity contribution is 5.88. The third-order valence-electron chi connectivity index (χ3n) is 9.77. The van der Waals surface area contributed by atoms with Crippen LogP contribution in [0.5, 0.6) is 28.7 Å². The van der Waals surface area contributed by atoms with Crippen LogP contribution in [0.4, 0.5) is 0 Å². The second-order valence-electron chi connectivity index (χ2n) is 14.5. The van der Waals surface area contributed by atoms with Crippen LogP contribution in [0.1, 0.15) is 30.5 Å². The van der Waals surface area contributed by atoms with Crippen LogP contribution in [0.3, 0.4) is 0 Å². The first-order valence-corrected chi connectivity index (χ1v) is 19.9. The number of methoxy groups -OCH3 is 2. The molecule has 9 unspecified atom stereocenters. The van der Waals surface area contributed by atoms with Gasteiger partial charge >= 0.3 is 29.8 Å². The van der Waals surface area contributed by atoms with Gasteiger partial charge in [-0.1, -0.05) is 24.3 Å². The fraction of sp³-hybridized carbons (Fsp3) is 0.356. The molecule has 2 aliphatic heterocycles. The summed E-state index contributed by atoms with van der Waals surface area (Å²) in [5.41, 5.74) is 1.23. The lowest BCUT2D eigenvalue weighted by Gasteiger charge is -2.44. The number of aliphatic hydroxyl groups excluding tert-OH is 3. The van der Waals surface area contributed by atoms with Gasteiger partial charge in [0.15, 0.2) is 35.2 Å². The summed E-state index contributed by atoms with van der Waals surface area (Å²) in [5, 5.41) is 63.5. The number of hydrogen-bond acceptors (Lipinski definition) is 21. The summed E-state index contributed by atoms with van der Waals surface area (Å²) < 4.78 is 55.4. The maximum absolute atomic E-state index is 13.6. The molecule has 354 valence electrons. The largest absolute Gasteiger partial charge is 0.508 e. The molecule has 3 aromatic rings. The molecular weight excluding hydrogens is 876 g/mol. The molecule has 0 radical (unpaired) electrons. The van der Waals surface area contributed by atoms with Crippen molar-refractivity contribution < 1.29 is 102 Å². The quantitative estimate of drug-likeness (QED) is 0.0601. The average Bonchev–Trinajstić information content (AvgIpc) is 3.54. The average molecular weight is 925 g/mol. The predicted octanol–water partition coefficient (Wildman–Crippen LogP) is 1.67. The van der Waals surface area contributed by atoms with Crippen LogP contribution in [0.15, 0.2) is 78.9 Å². The van der Waals surface area contributed by atoms with E-state index in [-0.39, 0.29) is 28.7 Å². The van der Waals surface area contributed by atoms with Crippen molar-refractivity contribution in [1.29, 1.82) is 0 Å². The SMILES string of the molecule is COc1cc(C=CC(=O)OCC2OC(COC(=O)C=Cc3ccc(O)cc3)(OC3OC(COC(C)=O)C(O)C(O)C3OC(C)=O)C(OC(=O)C=Cc3ccc(O)c(OC)c3)C2O)ccc1O. The van der Waals surface area contributed by atoms with E-state index < -0.39 is 104 Å². The smallest absolute Gasteiger partial charge is 0.331 e. The minimum atomic E-state index is -2.71. The molecule has 2 fully saturated rings. The number of phenolic OH excluding ortho intramolecular Hbond substituents is 3. The Morgan fingerprint density at radius 3 is 1.71 bits per heavy atom. The van der Waals surface area contributed by atoms with E-state index in [0.29, 0.717) is 16.7 Å². The number of hydrogen-bond donors (Lipinski definition) is 6. The van der Waals surface area contributed by atoms with E-state index in [9.17, 15) is 54.6 Å². The Hall–Kier alpha value is -7.01. The van der Waals surface area contributed by atoms with Crippen LogP contribution >= 0.6 is 0 Å². The van der Waals surface area contributed by atoms with Crippen molar-refractivity contribution in [3.63, 3.8) is 0 Å². The monoisotopic (exact) mass is 924 g/mol. The molecule has 0 spiro atoms. The van der Waals surface area contributed by atoms with E-state index in [1.165, 1.54) is 93.1 Å². The Bertz CT molecular complexity index is 2290. The summed E-state index contributed by atoms with van der Waals surface area (Å²) in [5.74, 6) is -7.90. The second-order valence-corrected chi connectivity index (χ2v) is 14.5. The molecule has 3 aromatic carbocycles. The first-order chi connectivity index (χ1) is 31.4. The molecular formula is C45H48O21. The number of phenols is 3. The predicted molar refractivity (Wildman–Crippen MR) is 224 cm³/mol. The Kier molecular flexibility index (Phi) is 17.2. The zero-order valence-electron chi connectivity index (χ0n) is 35.8. The van der Waals surface area contributed by atoms with E-state index in [2.05, 4.69) is 0 Å². The fourth-order valence-electron chi connectivity index (χ4n) is 6.51. The molecule has 2 aliphatic rings. The van der Waals surface area contributed by atoms with Gasteiger partial charge in [-0.05, 0) is 71.3 Å². The van der Waals surface area contributed by atoms with Gasteiger partial charge in [-0.3, -0.25) is 9.59 Å². The molecule has 0 amide bonds. The van der Waals surface area contributed by atoms with Crippen LogP contribution in [-0.2, 0) is 61.9 Å². The summed E-state index contributed by atoms with van der Waals surface area (Å²) in [7, 11) is 2.64. The molecule has 21 heteroatoms. The highest BCUT2D eigenvalue weighted by Crippen LogP contribution is 2.40. The minimum Gasteiger partial charge on any atom is -0.508 e. The first-order valence-electron chi connectivity index (χ1n) is 19.9. The highest BCUT2D eigenvalue weighted by atomic mass is 16.8. The van der Waals surface area contributed by atoms with Gasteiger partial charge in [-0.15, -0.1) is 0 Å². The Morgan fingerprint density at radius 2 is 1.15 bits per heavy atom. The second kappa shape index (κ2) is 22.7. The molecule has 2 saturated heterocycles. The first kappa shape index (κ1) is 50.0. The number of carbonyl (C=O) groups is 5. The third-order valence-corrected chi connectivity index (χ3v) is 9.77. The van der Waals surface area contributed by atoms with E-state index in [1.54, 1.807) is 0 Å². The molecule has 0 aliphatic carbocycles. The number of carbonyl (C=O) groups excluding carboxylic acids is 5. The van der Waals surface area contributed by atoms with E-state index in [4.69, 9.17) is 47.4 Å². The van der Waals surface area contributed by atoms with Crippen molar-refractivity contribution in [2.45, 2.75) is 68.7 Å². The molecule has 66 heavy (non-hydrogen) atoms. The van der Waals surface area contributed by atoms with Gasteiger partial charge in [0.2, 0.25) is 12.1 Å². The summed E-state index contributed by atoms with van der Waals surface area (Å²) in [6, 6.07) is 14.1. The lowest BCUT2D eigenvalue weighted by atomic mass is 9.98. The fourth-order valence-corrected chi connectivity index (χ4v) is 6.51. The molecule has 2 heterocycles. The van der Waals surface area contributed by atoms with Crippen molar-refractivity contribution in [3.8, 4) is 28.7 Å². The molecule has 6 N–H and O–H groups in total. The lowest BCUT2D eigenvalue weighted by molar-refractivity contribution is -0.383. The van der Waals surface area contributed by atoms with Gasteiger partial charge in [-0.25, -0.2) is 14.4 Å². The summed E-state index contributed by atoms with van der Waals surface area (Å²) in [6.07, 6.45) is -8.29. The number of aliphatic hydroxyl groups is 3. The maximum Gasteiger partial charge on any atom is 0.331 e. The Morgan fingerprint density at radius 1 is 0.621 bits per heavy atom. The van der Waals surface area contributed by atoms with E-state index >= 15 is 0 Å². The topological polar surface area (TPSA) is 299 Å². The minimum absolute atomic E-state index is 0.0389. The maximum atomic E-state index is 13.6. The number of rotatable bonds is 18. The number of esters is 5. The van der Waals surface area contributed by atoms with Crippen LogP contribution in [0, 0.1) is 0 Å². The number of benzene rings is 3. The zero-order chi connectivity index (χ0) is 48.1. The molecule has 0 bridgehead atoms. The molecule has 9 atom stereocenters. The number of ether oxygens (including phenoxy) is 10. The zero-order valence-corrected chi connectivity index (χ0v) is 35.8. The van der Waals surface area contributed by atoms with Crippen molar-refractivity contribution in [2.75, 3.05) is 34.0 Å². The van der Waals surface area contributed by atoms with Crippen LogP contribution < -0.4 is 9.47 Å². The van der Waals surface area contributed by atoms with E-state index in [0.717, 1.165) is 32.1 Å². The van der Waals surface area contributed by atoms with Gasteiger partial charge in [0.1, 0.15) is 56.1 Å². The van der Waals surface area contributed by atoms with Crippen molar-refractivity contribution in [1.82, 2.24) is 0 Å². The molecule has 21 nitrogen and oxygen atoms in total. The Balaban J connectivity index is 1.52. The number of aromatic hydroxyl groups is 3. The molecule has 5 rings (SSSR count). The molecule has 0 saturated carbocycles. The normalized spacial score (nSPS) is 25.1. The van der Waals surface area contributed by atoms with Crippen molar-refractivity contribution in [3.05, 3.63) is 95.6 Å². The third kappa shape index (κ3) is 13.3. The van der Waals surface area contributed by atoms with E-state index in [1.807, 2.05) is 0 Å². The van der Waals surface area contributed by atoms with Gasteiger partial charge in [0.25, 0.3) is 0 Å². The summed E-state index contributed by atoms with van der Waals surface area (Å²) in [4.78, 5) is 63.9. The standard InChI is InChI=1S/C45H48O21/c1-24(46)59-21-34-39(54)41(56)42(62-25(2)47)44(63-34)66-45(23-61-37(52)16-9-26-5-12-29(48)13-6-26)43(64-38(53)18-11-28-8-15-31(50)33(20-28)58-4)40(55)35(65-45)22-60-36(51)17-10-27-7-14-30(49)32(19-27)57-3/h5-20,34-35,39-44,48-50,54-56H,21-23H2,1-4H3. The van der Waals surface area contributed by atoms with Gasteiger partial charge < -0.3 is 78.0 Å². The van der Waals surface area contributed by atoms with Crippen molar-refractivity contribution in [2.24, 2.45) is 0 Å². The highest BCUT2D eigenvalue weighted by Gasteiger charge is 2.62. The van der Waals surface area contributed by atoms with Crippen LogP contribution in [-0.4, -0.2) is 149 Å². The van der Waals surface area contributed by atoms with Crippen LogP contribution in [0.25, 0.3) is 18.2 Å². The van der Waals surface area contributed by atoms with Gasteiger partial charge in [-0.2, -0.15) is 0 Å². The molecule has 0 aromatic heterocycles. The van der Waals surface area contributed by atoms with Crippen LogP contribution in [0.2, 0.25) is 0 Å². The Labute approximate surface area is 376 Å². The lowest BCUT2D eigenvalue weighted by Crippen LogP contribution is -2.64. The van der Waals surface area contributed by atoms with Crippen molar-refractivity contribution >= 4 is 48.1 Å². The van der Waals surface area contributed by atoms with Gasteiger partial charge in [0.05, 0.1) is 14.2 Å². The summed E-state index contributed by atoms with van der Waals surface area (Å²) in [6.45, 7) is -0.496.